The van der Waals surface area contributed by atoms with E-state index in [0.29, 0.717) is 29.0 Å². The van der Waals surface area contributed by atoms with Crippen molar-refractivity contribution in [3.63, 3.8) is 0 Å². The molecule has 0 saturated carbocycles. The lowest BCUT2D eigenvalue weighted by Crippen LogP contribution is -2.44. The highest BCUT2D eigenvalue weighted by molar-refractivity contribution is 5.98. The SMILES string of the molecule is CCOC(=O)c1cccnc1-c1cccc(C(=O)N(C)C2COCC2O)c1. The van der Waals surface area contributed by atoms with Crippen LogP contribution in [0.2, 0.25) is 0 Å². The third-order valence-corrected chi connectivity index (χ3v) is 4.53. The maximum Gasteiger partial charge on any atom is 0.340 e. The molecule has 0 spiro atoms. The molecule has 0 radical (unpaired) electrons. The topological polar surface area (TPSA) is 89.0 Å². The van der Waals surface area contributed by atoms with Gasteiger partial charge in [-0.3, -0.25) is 9.78 Å². The van der Waals surface area contributed by atoms with Crippen molar-refractivity contribution in [1.29, 1.82) is 0 Å². The number of carbonyl (C=O) groups excluding carboxylic acids is 2. The fourth-order valence-corrected chi connectivity index (χ4v) is 3.06. The summed E-state index contributed by atoms with van der Waals surface area (Å²) >= 11 is 0. The van der Waals surface area contributed by atoms with Crippen LogP contribution in [0.4, 0.5) is 0 Å². The van der Waals surface area contributed by atoms with Crippen LogP contribution in [0.15, 0.2) is 42.6 Å². The highest BCUT2D eigenvalue weighted by atomic mass is 16.5. The average molecular weight is 370 g/mol. The minimum Gasteiger partial charge on any atom is -0.462 e. The molecule has 3 rings (SSSR count). The molecular weight excluding hydrogens is 348 g/mol. The van der Waals surface area contributed by atoms with Crippen LogP contribution in [0.25, 0.3) is 11.3 Å². The first-order valence-corrected chi connectivity index (χ1v) is 8.78. The zero-order valence-electron chi connectivity index (χ0n) is 15.3. The molecule has 7 heteroatoms. The summed E-state index contributed by atoms with van der Waals surface area (Å²) < 4.78 is 10.3. The van der Waals surface area contributed by atoms with Gasteiger partial charge in [-0.25, -0.2) is 4.79 Å². The molecule has 1 aliphatic heterocycles. The summed E-state index contributed by atoms with van der Waals surface area (Å²) in [7, 11) is 1.64. The molecule has 1 aromatic heterocycles. The van der Waals surface area contributed by atoms with Gasteiger partial charge in [-0.05, 0) is 31.2 Å². The number of hydrogen-bond donors (Lipinski definition) is 1. The number of likely N-dealkylation sites (N-methyl/N-ethyl adjacent to an activating group) is 1. The molecule has 2 unspecified atom stereocenters. The van der Waals surface area contributed by atoms with Crippen molar-refractivity contribution in [1.82, 2.24) is 9.88 Å². The van der Waals surface area contributed by atoms with Gasteiger partial charge in [0.2, 0.25) is 0 Å². The molecule has 7 nitrogen and oxygen atoms in total. The van der Waals surface area contributed by atoms with Crippen molar-refractivity contribution in [3.05, 3.63) is 53.7 Å². The highest BCUT2D eigenvalue weighted by Gasteiger charge is 2.32. The van der Waals surface area contributed by atoms with Crippen molar-refractivity contribution in [2.45, 2.75) is 19.1 Å². The first-order chi connectivity index (χ1) is 13.0. The van der Waals surface area contributed by atoms with Crippen LogP contribution in [-0.2, 0) is 9.47 Å². The molecule has 0 aliphatic carbocycles. The zero-order chi connectivity index (χ0) is 19.4. The number of pyridine rings is 1. The number of benzene rings is 1. The summed E-state index contributed by atoms with van der Waals surface area (Å²) in [6.07, 6.45) is 0.888. The maximum absolute atomic E-state index is 12.8. The van der Waals surface area contributed by atoms with Gasteiger partial charge in [-0.1, -0.05) is 12.1 Å². The lowest BCUT2D eigenvalue weighted by Gasteiger charge is -2.25. The van der Waals surface area contributed by atoms with Crippen molar-refractivity contribution in [2.24, 2.45) is 0 Å². The Hall–Kier alpha value is -2.77. The second-order valence-corrected chi connectivity index (χ2v) is 6.29. The van der Waals surface area contributed by atoms with Crippen molar-refractivity contribution in [3.8, 4) is 11.3 Å². The Balaban J connectivity index is 1.90. The van der Waals surface area contributed by atoms with E-state index in [1.165, 1.54) is 4.90 Å². The number of aliphatic hydroxyl groups excluding tert-OH is 1. The van der Waals surface area contributed by atoms with E-state index >= 15 is 0 Å². The Labute approximate surface area is 157 Å². The minimum absolute atomic E-state index is 0.221. The molecular formula is C20H22N2O5. The third kappa shape index (κ3) is 3.99. The molecule has 1 amide bonds. The molecule has 1 N–H and O–H groups in total. The van der Waals surface area contributed by atoms with Crippen molar-refractivity contribution in [2.75, 3.05) is 26.9 Å². The van der Waals surface area contributed by atoms with E-state index in [0.717, 1.165) is 0 Å². The van der Waals surface area contributed by atoms with Gasteiger partial charge >= 0.3 is 5.97 Å². The smallest absolute Gasteiger partial charge is 0.340 e. The fourth-order valence-electron chi connectivity index (χ4n) is 3.06. The second kappa shape index (κ2) is 8.28. The first-order valence-electron chi connectivity index (χ1n) is 8.78. The van der Waals surface area contributed by atoms with Gasteiger partial charge in [0.25, 0.3) is 5.91 Å². The molecule has 2 heterocycles. The van der Waals surface area contributed by atoms with E-state index < -0.39 is 12.1 Å². The number of hydrogen-bond acceptors (Lipinski definition) is 6. The van der Waals surface area contributed by atoms with E-state index in [4.69, 9.17) is 9.47 Å². The Morgan fingerprint density at radius 1 is 1.30 bits per heavy atom. The Morgan fingerprint density at radius 3 is 2.81 bits per heavy atom. The van der Waals surface area contributed by atoms with Crippen LogP contribution in [0.3, 0.4) is 0 Å². The number of rotatable bonds is 5. The first kappa shape index (κ1) is 19.0. The molecule has 0 bridgehead atoms. The largest absolute Gasteiger partial charge is 0.462 e. The lowest BCUT2D eigenvalue weighted by atomic mass is 10.0. The number of amides is 1. The number of aliphatic hydroxyl groups is 1. The summed E-state index contributed by atoms with van der Waals surface area (Å²) in [5.41, 5.74) is 1.88. The van der Waals surface area contributed by atoms with Crippen molar-refractivity contribution >= 4 is 11.9 Å². The number of ether oxygens (including phenoxy) is 2. The van der Waals surface area contributed by atoms with E-state index in [2.05, 4.69) is 4.98 Å². The van der Waals surface area contributed by atoms with Crippen LogP contribution in [0.1, 0.15) is 27.6 Å². The summed E-state index contributed by atoms with van der Waals surface area (Å²) in [4.78, 5) is 30.8. The van der Waals surface area contributed by atoms with Crippen LogP contribution >= 0.6 is 0 Å². The van der Waals surface area contributed by atoms with Crippen LogP contribution in [0.5, 0.6) is 0 Å². The van der Waals surface area contributed by atoms with Gasteiger partial charge in [0.15, 0.2) is 0 Å². The van der Waals surface area contributed by atoms with Gasteiger partial charge in [0.05, 0.1) is 43.2 Å². The van der Waals surface area contributed by atoms with E-state index in [-0.39, 0.29) is 25.2 Å². The molecule has 1 aliphatic rings. The molecule has 2 aromatic rings. The summed E-state index contributed by atoms with van der Waals surface area (Å²) in [6.45, 7) is 2.53. The molecule has 142 valence electrons. The van der Waals surface area contributed by atoms with E-state index in [1.807, 2.05) is 0 Å². The monoisotopic (exact) mass is 370 g/mol. The highest BCUT2D eigenvalue weighted by Crippen LogP contribution is 2.24. The molecule has 1 saturated heterocycles. The maximum atomic E-state index is 12.8. The number of aromatic nitrogens is 1. The van der Waals surface area contributed by atoms with Gasteiger partial charge < -0.3 is 19.5 Å². The summed E-state index contributed by atoms with van der Waals surface area (Å²) in [6, 6.07) is 9.83. The normalized spacial score (nSPS) is 18.9. The molecule has 1 fully saturated rings. The van der Waals surface area contributed by atoms with E-state index in [1.54, 1.807) is 56.6 Å². The predicted octanol–water partition coefficient (Wildman–Crippen LogP) is 1.76. The quantitative estimate of drug-likeness (QED) is 0.807. The average Bonchev–Trinajstić information content (AvgIpc) is 3.13. The van der Waals surface area contributed by atoms with Crippen LogP contribution in [0, 0.1) is 0 Å². The van der Waals surface area contributed by atoms with Crippen LogP contribution in [-0.4, -0.2) is 65.9 Å². The standard InChI is InChI=1S/C20H22N2O5/c1-3-27-20(25)15-8-5-9-21-18(15)13-6-4-7-14(10-13)19(24)22(2)16-11-26-12-17(16)23/h4-10,16-17,23H,3,11-12H2,1-2H3. The fraction of sp³-hybridized carbons (Fsp3) is 0.350. The van der Waals surface area contributed by atoms with Gasteiger partial charge in [-0.15, -0.1) is 0 Å². The molecule has 1 aromatic carbocycles. The number of nitrogens with zero attached hydrogens (tertiary/aromatic N) is 2. The van der Waals surface area contributed by atoms with Crippen LogP contribution < -0.4 is 0 Å². The Morgan fingerprint density at radius 2 is 2.11 bits per heavy atom. The number of carbonyl (C=O) groups is 2. The Kier molecular flexibility index (Phi) is 5.83. The van der Waals surface area contributed by atoms with Gasteiger partial charge in [0, 0.05) is 24.4 Å². The second-order valence-electron chi connectivity index (χ2n) is 6.29. The summed E-state index contributed by atoms with van der Waals surface area (Å²) in [5, 5.41) is 9.96. The van der Waals surface area contributed by atoms with Gasteiger partial charge in [0.1, 0.15) is 0 Å². The Bertz CT molecular complexity index is 839. The predicted molar refractivity (Wildman–Crippen MR) is 98.3 cm³/mol. The molecule has 27 heavy (non-hydrogen) atoms. The van der Waals surface area contributed by atoms with E-state index in [9.17, 15) is 14.7 Å². The van der Waals surface area contributed by atoms with Crippen molar-refractivity contribution < 1.29 is 24.2 Å². The summed E-state index contributed by atoms with van der Waals surface area (Å²) in [5.74, 6) is -0.694. The lowest BCUT2D eigenvalue weighted by molar-refractivity contribution is 0.0526. The third-order valence-electron chi connectivity index (χ3n) is 4.53. The molecule has 2 atom stereocenters. The van der Waals surface area contributed by atoms with Gasteiger partial charge in [-0.2, -0.15) is 0 Å². The minimum atomic E-state index is -0.701. The zero-order valence-corrected chi connectivity index (χ0v) is 15.3. The number of esters is 1.